The summed E-state index contributed by atoms with van der Waals surface area (Å²) in [4.78, 5) is 11.3. The molecule has 27 heavy (non-hydrogen) atoms. The van der Waals surface area contributed by atoms with Gasteiger partial charge in [0.2, 0.25) is 5.95 Å². The number of aromatic nitrogens is 5. The Labute approximate surface area is 166 Å². The van der Waals surface area contributed by atoms with Gasteiger partial charge in [-0.05, 0) is 49.6 Å². The predicted octanol–water partition coefficient (Wildman–Crippen LogP) is 3.99. The van der Waals surface area contributed by atoms with E-state index in [1.54, 1.807) is 12.3 Å². The second-order valence-electron chi connectivity index (χ2n) is 6.91. The van der Waals surface area contributed by atoms with Crippen molar-refractivity contribution in [2.75, 3.05) is 18.0 Å². The minimum Gasteiger partial charge on any atom is -0.467 e. The zero-order valence-corrected chi connectivity index (χ0v) is 16.3. The van der Waals surface area contributed by atoms with Crippen molar-refractivity contribution in [2.45, 2.75) is 48.3 Å². The van der Waals surface area contributed by atoms with Crippen LogP contribution in [0.1, 0.15) is 43.2 Å². The van der Waals surface area contributed by atoms with Gasteiger partial charge in [0.1, 0.15) is 21.8 Å². The average Bonchev–Trinajstić information content (AvgIpc) is 3.03. The molecule has 2 fully saturated rings. The van der Waals surface area contributed by atoms with Crippen molar-refractivity contribution in [2.24, 2.45) is 0 Å². The SMILES string of the molecule is Clc1cc(Sc2nnc(N3CCCC3)n2Cc2ccco2)nc(C2CC2)n1. The molecular weight excluding hydrogens is 384 g/mol. The van der Waals surface area contributed by atoms with Crippen LogP contribution >= 0.6 is 23.4 Å². The fraction of sp³-hybridized carbons (Fsp3) is 0.444. The van der Waals surface area contributed by atoms with E-state index in [2.05, 4.69) is 29.6 Å². The van der Waals surface area contributed by atoms with Crippen LogP contribution in [-0.2, 0) is 6.54 Å². The van der Waals surface area contributed by atoms with E-state index < -0.39 is 0 Å². The van der Waals surface area contributed by atoms with Crippen LogP contribution in [0, 0.1) is 0 Å². The lowest BCUT2D eigenvalue weighted by molar-refractivity contribution is 0.483. The van der Waals surface area contributed by atoms with Crippen molar-refractivity contribution < 1.29 is 4.42 Å². The normalized spacial score (nSPS) is 17.0. The average molecular weight is 403 g/mol. The van der Waals surface area contributed by atoms with Crippen molar-refractivity contribution in [1.82, 2.24) is 24.7 Å². The first kappa shape index (κ1) is 17.1. The smallest absolute Gasteiger partial charge is 0.228 e. The lowest BCUT2D eigenvalue weighted by Gasteiger charge is -2.17. The highest BCUT2D eigenvalue weighted by Gasteiger charge is 2.28. The number of anilines is 1. The van der Waals surface area contributed by atoms with E-state index in [0.717, 1.165) is 53.6 Å². The Morgan fingerprint density at radius 2 is 2.04 bits per heavy atom. The molecular formula is C18H19ClN6OS. The summed E-state index contributed by atoms with van der Waals surface area (Å²) >= 11 is 7.70. The van der Waals surface area contributed by atoms with Crippen LogP contribution in [0.25, 0.3) is 0 Å². The summed E-state index contributed by atoms with van der Waals surface area (Å²) in [6.07, 6.45) is 6.33. The maximum atomic E-state index is 6.22. The van der Waals surface area contributed by atoms with Crippen LogP contribution < -0.4 is 4.90 Å². The number of furan rings is 1. The van der Waals surface area contributed by atoms with Gasteiger partial charge in [-0.25, -0.2) is 9.97 Å². The molecule has 0 unspecified atom stereocenters. The van der Waals surface area contributed by atoms with Gasteiger partial charge >= 0.3 is 0 Å². The number of rotatable bonds is 6. The first-order chi connectivity index (χ1) is 13.3. The number of hydrogen-bond acceptors (Lipinski definition) is 7. The summed E-state index contributed by atoms with van der Waals surface area (Å²) < 4.78 is 7.66. The lowest BCUT2D eigenvalue weighted by Crippen LogP contribution is -2.22. The maximum Gasteiger partial charge on any atom is 0.228 e. The Kier molecular flexibility index (Phi) is 4.53. The number of nitrogens with zero attached hydrogens (tertiary/aromatic N) is 6. The van der Waals surface area contributed by atoms with Gasteiger partial charge in [0.25, 0.3) is 0 Å². The van der Waals surface area contributed by atoms with E-state index >= 15 is 0 Å². The molecule has 0 spiro atoms. The molecule has 3 aromatic heterocycles. The molecule has 1 saturated carbocycles. The zero-order chi connectivity index (χ0) is 18.2. The van der Waals surface area contributed by atoms with E-state index in [9.17, 15) is 0 Å². The van der Waals surface area contributed by atoms with E-state index in [1.165, 1.54) is 24.6 Å². The molecule has 1 aliphatic heterocycles. The molecule has 0 amide bonds. The fourth-order valence-electron chi connectivity index (χ4n) is 3.29. The van der Waals surface area contributed by atoms with Gasteiger partial charge in [0, 0.05) is 25.1 Å². The first-order valence-corrected chi connectivity index (χ1v) is 10.4. The lowest BCUT2D eigenvalue weighted by atomic mass is 10.4. The molecule has 0 aromatic carbocycles. The van der Waals surface area contributed by atoms with E-state index in [1.807, 2.05) is 12.1 Å². The largest absolute Gasteiger partial charge is 0.467 e. The Bertz CT molecular complexity index is 933. The minimum atomic E-state index is 0.448. The van der Waals surface area contributed by atoms with Crippen molar-refractivity contribution in [1.29, 1.82) is 0 Å². The van der Waals surface area contributed by atoms with Crippen LogP contribution in [0.4, 0.5) is 5.95 Å². The summed E-state index contributed by atoms with van der Waals surface area (Å²) in [6, 6.07) is 5.66. The van der Waals surface area contributed by atoms with Crippen molar-refractivity contribution >= 4 is 29.3 Å². The van der Waals surface area contributed by atoms with Crippen LogP contribution in [-0.4, -0.2) is 37.8 Å². The standard InChI is InChI=1S/C18H19ClN6OS/c19-14-10-15(21-16(20-14)12-5-6-12)27-18-23-22-17(24-7-1-2-8-24)25(18)11-13-4-3-9-26-13/h3-4,9-10,12H,1-2,5-8,11H2. The third kappa shape index (κ3) is 3.68. The second kappa shape index (κ2) is 7.16. The highest BCUT2D eigenvalue weighted by Crippen LogP contribution is 2.40. The summed E-state index contributed by atoms with van der Waals surface area (Å²) in [6.45, 7) is 2.60. The molecule has 0 radical (unpaired) electrons. The predicted molar refractivity (Wildman–Crippen MR) is 102 cm³/mol. The van der Waals surface area contributed by atoms with Crippen molar-refractivity contribution in [3.8, 4) is 0 Å². The molecule has 0 N–H and O–H groups in total. The fourth-order valence-corrected chi connectivity index (χ4v) is 4.38. The van der Waals surface area contributed by atoms with E-state index in [-0.39, 0.29) is 0 Å². The summed E-state index contributed by atoms with van der Waals surface area (Å²) in [5.41, 5.74) is 0. The molecule has 4 heterocycles. The Morgan fingerprint density at radius 1 is 1.19 bits per heavy atom. The molecule has 7 nitrogen and oxygen atoms in total. The van der Waals surface area contributed by atoms with Gasteiger partial charge in [0.05, 0.1) is 12.8 Å². The highest BCUT2D eigenvalue weighted by atomic mass is 35.5. The number of halogens is 1. The van der Waals surface area contributed by atoms with Crippen LogP contribution in [0.15, 0.2) is 39.1 Å². The van der Waals surface area contributed by atoms with Crippen molar-refractivity contribution in [3.05, 3.63) is 41.2 Å². The first-order valence-electron chi connectivity index (χ1n) is 9.19. The van der Waals surface area contributed by atoms with Crippen LogP contribution in [0.2, 0.25) is 5.15 Å². The topological polar surface area (TPSA) is 72.9 Å². The molecule has 0 atom stereocenters. The molecule has 140 valence electrons. The van der Waals surface area contributed by atoms with Gasteiger partial charge in [-0.2, -0.15) is 0 Å². The van der Waals surface area contributed by atoms with Crippen molar-refractivity contribution in [3.63, 3.8) is 0 Å². The van der Waals surface area contributed by atoms with Gasteiger partial charge in [-0.1, -0.05) is 11.6 Å². The van der Waals surface area contributed by atoms with Gasteiger partial charge in [-0.15, -0.1) is 10.2 Å². The monoisotopic (exact) mass is 402 g/mol. The molecule has 0 bridgehead atoms. The summed E-state index contributed by atoms with van der Waals surface area (Å²) in [7, 11) is 0. The van der Waals surface area contributed by atoms with Gasteiger partial charge in [0.15, 0.2) is 5.16 Å². The zero-order valence-electron chi connectivity index (χ0n) is 14.7. The quantitative estimate of drug-likeness (QED) is 0.577. The van der Waals surface area contributed by atoms with E-state index in [4.69, 9.17) is 16.0 Å². The molecule has 1 aliphatic carbocycles. The van der Waals surface area contributed by atoms with Crippen LogP contribution in [0.3, 0.4) is 0 Å². The van der Waals surface area contributed by atoms with Gasteiger partial charge < -0.3 is 9.32 Å². The minimum absolute atomic E-state index is 0.448. The Morgan fingerprint density at radius 3 is 2.78 bits per heavy atom. The Balaban J connectivity index is 1.48. The molecule has 1 saturated heterocycles. The van der Waals surface area contributed by atoms with E-state index in [0.29, 0.717) is 17.6 Å². The summed E-state index contributed by atoms with van der Waals surface area (Å²) in [5.74, 6) is 3.04. The Hall–Kier alpha value is -2.06. The molecule has 5 rings (SSSR count). The van der Waals surface area contributed by atoms with Crippen LogP contribution in [0.5, 0.6) is 0 Å². The third-order valence-corrected chi connectivity index (χ3v) is 5.90. The second-order valence-corrected chi connectivity index (χ2v) is 8.28. The molecule has 3 aromatic rings. The molecule has 9 heteroatoms. The molecule has 2 aliphatic rings. The highest BCUT2D eigenvalue weighted by molar-refractivity contribution is 7.99. The summed E-state index contributed by atoms with van der Waals surface area (Å²) in [5, 5.41) is 11.0. The van der Waals surface area contributed by atoms with Gasteiger partial charge in [-0.3, -0.25) is 4.57 Å². The number of hydrogen-bond donors (Lipinski definition) is 0. The maximum absolute atomic E-state index is 6.22. The third-order valence-electron chi connectivity index (χ3n) is 4.81.